The zero-order valence-electron chi connectivity index (χ0n) is 10.3. The van der Waals surface area contributed by atoms with Gasteiger partial charge in [0, 0.05) is 17.9 Å². The van der Waals surface area contributed by atoms with E-state index in [1.165, 1.54) is 12.1 Å². The Balaban J connectivity index is 2.84. The van der Waals surface area contributed by atoms with Crippen molar-refractivity contribution in [2.24, 2.45) is 0 Å². The van der Waals surface area contributed by atoms with Gasteiger partial charge in [0.05, 0.1) is 6.07 Å². The molecule has 1 aromatic heterocycles. The lowest BCUT2D eigenvalue weighted by Crippen LogP contribution is -2.37. The maximum atomic E-state index is 12.1. The molecule has 100 valence electrons. The van der Waals surface area contributed by atoms with Crippen LogP contribution in [0.5, 0.6) is 0 Å². The number of amides is 1. The number of carbonyl (C=O) groups excluding carboxylic acids is 1. The molecule has 0 aromatic carbocycles. The number of carbonyl (C=O) groups is 1. The summed E-state index contributed by atoms with van der Waals surface area (Å²) >= 11 is 3.30. The van der Waals surface area contributed by atoms with Crippen molar-refractivity contribution in [2.45, 2.75) is 26.3 Å². The first kappa shape index (κ1) is 14.7. The average Bonchev–Trinajstić information content (AvgIpc) is 2.78. The molecule has 0 aliphatic heterocycles. The quantitative estimate of drug-likeness (QED) is 0.459. The molecule has 1 heterocycles. The Bertz CT molecular complexity index is 430. The Morgan fingerprint density at radius 2 is 2.22 bits per heavy atom. The van der Waals surface area contributed by atoms with Gasteiger partial charge < -0.3 is 9.32 Å². The summed E-state index contributed by atoms with van der Waals surface area (Å²) < 4.78 is 4.92. The molecule has 1 aromatic rings. The highest BCUT2D eigenvalue weighted by atomic mass is 79.9. The summed E-state index contributed by atoms with van der Waals surface area (Å²) in [4.78, 5) is 23.6. The van der Waals surface area contributed by atoms with E-state index in [1.54, 1.807) is 4.90 Å². The van der Waals surface area contributed by atoms with Gasteiger partial charge in [-0.15, -0.1) is 0 Å². The molecule has 0 atom stereocenters. The molecule has 0 radical (unpaired) electrons. The van der Waals surface area contributed by atoms with Crippen LogP contribution in [0.3, 0.4) is 0 Å². The van der Waals surface area contributed by atoms with Gasteiger partial charge in [-0.05, 0) is 26.3 Å². The minimum Gasteiger partial charge on any atom is -0.395 e. The molecular weight excluding hydrogens is 304 g/mol. The first-order valence-electron chi connectivity index (χ1n) is 5.58. The number of furan rings is 1. The number of hydrogen-bond donors (Lipinski definition) is 0. The van der Waals surface area contributed by atoms with E-state index < -0.39 is 10.8 Å². The fraction of sp³-hybridized carbons (Fsp3) is 0.545. The summed E-state index contributed by atoms with van der Waals surface area (Å²) in [6.07, 6.45) is 0.812. The molecule has 0 N–H and O–H groups in total. The molecule has 7 heteroatoms. The minimum atomic E-state index is -0.658. The van der Waals surface area contributed by atoms with Gasteiger partial charge in [-0.1, -0.05) is 15.9 Å². The molecular formula is C11H15BrN2O4. The van der Waals surface area contributed by atoms with E-state index in [-0.39, 0.29) is 17.7 Å². The third kappa shape index (κ3) is 3.56. The van der Waals surface area contributed by atoms with Crippen molar-refractivity contribution >= 4 is 27.7 Å². The molecule has 0 unspecified atom stereocenters. The molecule has 18 heavy (non-hydrogen) atoms. The molecule has 0 spiro atoms. The molecule has 1 amide bonds. The van der Waals surface area contributed by atoms with Crippen molar-refractivity contribution in [3.05, 3.63) is 28.0 Å². The lowest BCUT2D eigenvalue weighted by atomic mass is 10.2. The van der Waals surface area contributed by atoms with E-state index >= 15 is 0 Å². The highest BCUT2D eigenvalue weighted by molar-refractivity contribution is 9.09. The second kappa shape index (κ2) is 6.53. The second-order valence-electron chi connectivity index (χ2n) is 4.03. The number of halogens is 1. The Hall–Kier alpha value is -1.37. The van der Waals surface area contributed by atoms with Gasteiger partial charge >= 0.3 is 5.88 Å². The average molecular weight is 319 g/mol. The highest BCUT2D eigenvalue weighted by Crippen LogP contribution is 2.18. The van der Waals surface area contributed by atoms with E-state index in [0.29, 0.717) is 6.54 Å². The molecule has 0 bridgehead atoms. The number of rotatable bonds is 6. The third-order valence-corrected chi connectivity index (χ3v) is 2.96. The lowest BCUT2D eigenvalue weighted by molar-refractivity contribution is -0.402. The fourth-order valence-electron chi connectivity index (χ4n) is 1.51. The van der Waals surface area contributed by atoms with Crippen molar-refractivity contribution in [3.63, 3.8) is 0 Å². The number of nitro groups is 1. The minimum absolute atomic E-state index is 0.00460. The van der Waals surface area contributed by atoms with E-state index in [9.17, 15) is 14.9 Å². The van der Waals surface area contributed by atoms with Gasteiger partial charge in [-0.3, -0.25) is 14.9 Å². The standard InChI is InChI=1S/C11H15BrN2O4/c1-8(2)13(7-3-6-12)11(15)9-4-5-10(18-9)14(16)17/h4-5,8H,3,6-7H2,1-2H3. The summed E-state index contributed by atoms with van der Waals surface area (Å²) in [5.41, 5.74) is 0. The fourth-order valence-corrected chi connectivity index (χ4v) is 1.76. The molecule has 6 nitrogen and oxygen atoms in total. The Labute approximate surface area is 113 Å². The van der Waals surface area contributed by atoms with Crippen LogP contribution in [0.25, 0.3) is 0 Å². The zero-order valence-corrected chi connectivity index (χ0v) is 11.8. The van der Waals surface area contributed by atoms with Crippen LogP contribution >= 0.6 is 15.9 Å². The number of alkyl halides is 1. The van der Waals surface area contributed by atoms with E-state index in [2.05, 4.69) is 15.9 Å². The van der Waals surface area contributed by atoms with Crippen LogP contribution in [0.2, 0.25) is 0 Å². The summed E-state index contributed by atoms with van der Waals surface area (Å²) in [6.45, 7) is 4.36. The summed E-state index contributed by atoms with van der Waals surface area (Å²) in [7, 11) is 0. The predicted octanol–water partition coefficient (Wildman–Crippen LogP) is 2.82. The Morgan fingerprint density at radius 1 is 1.56 bits per heavy atom. The highest BCUT2D eigenvalue weighted by Gasteiger charge is 2.23. The largest absolute Gasteiger partial charge is 0.433 e. The monoisotopic (exact) mass is 318 g/mol. The van der Waals surface area contributed by atoms with Crippen LogP contribution in [0, 0.1) is 10.1 Å². The maximum Gasteiger partial charge on any atom is 0.433 e. The van der Waals surface area contributed by atoms with Crippen LogP contribution in [-0.2, 0) is 0 Å². The zero-order chi connectivity index (χ0) is 13.7. The van der Waals surface area contributed by atoms with Gasteiger partial charge in [-0.25, -0.2) is 0 Å². The van der Waals surface area contributed by atoms with Crippen molar-refractivity contribution in [3.8, 4) is 0 Å². The van der Waals surface area contributed by atoms with Crippen LogP contribution in [0.1, 0.15) is 30.8 Å². The summed E-state index contributed by atoms with van der Waals surface area (Å²) in [6, 6.07) is 2.54. The van der Waals surface area contributed by atoms with Crippen molar-refractivity contribution in [1.29, 1.82) is 0 Å². The van der Waals surface area contributed by atoms with Gasteiger partial charge in [0.15, 0.2) is 5.76 Å². The third-order valence-electron chi connectivity index (χ3n) is 2.40. The predicted molar refractivity (Wildman–Crippen MR) is 69.9 cm³/mol. The van der Waals surface area contributed by atoms with Crippen LogP contribution < -0.4 is 0 Å². The molecule has 1 rings (SSSR count). The molecule has 0 saturated carbocycles. The van der Waals surface area contributed by atoms with Crippen molar-refractivity contribution < 1.29 is 14.1 Å². The Morgan fingerprint density at radius 3 is 2.67 bits per heavy atom. The Kier molecular flexibility index (Phi) is 5.33. The molecule has 0 fully saturated rings. The summed E-state index contributed by atoms with van der Waals surface area (Å²) in [5.74, 6) is -0.730. The van der Waals surface area contributed by atoms with E-state index in [0.717, 1.165) is 11.8 Å². The molecule has 0 aliphatic carbocycles. The summed E-state index contributed by atoms with van der Waals surface area (Å²) in [5, 5.41) is 11.3. The van der Waals surface area contributed by atoms with Gasteiger partial charge in [0.2, 0.25) is 0 Å². The first-order valence-corrected chi connectivity index (χ1v) is 6.70. The van der Waals surface area contributed by atoms with Crippen LogP contribution in [-0.4, -0.2) is 33.6 Å². The van der Waals surface area contributed by atoms with Gasteiger partial charge in [0.1, 0.15) is 4.92 Å². The van der Waals surface area contributed by atoms with Crippen LogP contribution in [0.4, 0.5) is 5.88 Å². The smallest absolute Gasteiger partial charge is 0.395 e. The van der Waals surface area contributed by atoms with E-state index in [4.69, 9.17) is 4.42 Å². The van der Waals surface area contributed by atoms with Crippen molar-refractivity contribution in [1.82, 2.24) is 4.90 Å². The van der Waals surface area contributed by atoms with Gasteiger partial charge in [0.25, 0.3) is 5.91 Å². The van der Waals surface area contributed by atoms with Gasteiger partial charge in [-0.2, -0.15) is 0 Å². The number of nitrogens with zero attached hydrogens (tertiary/aromatic N) is 2. The topological polar surface area (TPSA) is 76.6 Å². The first-order chi connectivity index (χ1) is 8.47. The van der Waals surface area contributed by atoms with Crippen molar-refractivity contribution in [2.75, 3.05) is 11.9 Å². The second-order valence-corrected chi connectivity index (χ2v) is 4.82. The number of hydrogen-bond acceptors (Lipinski definition) is 4. The van der Waals surface area contributed by atoms with Crippen LogP contribution in [0.15, 0.2) is 16.5 Å². The SMILES string of the molecule is CC(C)N(CCCBr)C(=O)c1ccc([N+](=O)[O-])o1. The maximum absolute atomic E-state index is 12.1. The molecule has 0 aliphatic rings. The molecule has 0 saturated heterocycles. The van der Waals surface area contributed by atoms with E-state index in [1.807, 2.05) is 13.8 Å². The normalized spacial score (nSPS) is 10.7. The lowest BCUT2D eigenvalue weighted by Gasteiger charge is -2.25.